The predicted molar refractivity (Wildman–Crippen MR) is 123 cm³/mol. The molecule has 1 aliphatic heterocycles. The number of methoxy groups -OCH3 is 1. The summed E-state index contributed by atoms with van der Waals surface area (Å²) in [5, 5.41) is 10.9. The number of ether oxygens (including phenoxy) is 1. The summed E-state index contributed by atoms with van der Waals surface area (Å²) in [6, 6.07) is 13.6. The third kappa shape index (κ3) is 2.96. The van der Waals surface area contributed by atoms with E-state index in [-0.39, 0.29) is 11.2 Å². The molecule has 0 atom stereocenters. The van der Waals surface area contributed by atoms with Crippen LogP contribution in [0, 0.1) is 7.14 Å². The average Bonchev–Trinajstić information content (AvgIpc) is 2.72. The van der Waals surface area contributed by atoms with Crippen molar-refractivity contribution in [2.45, 2.75) is 0 Å². The second-order valence-corrected chi connectivity index (χ2v) is 8.20. The highest BCUT2D eigenvalue weighted by Gasteiger charge is 2.25. The second kappa shape index (κ2) is 7.36. The molecule has 0 radical (unpaired) electrons. The Hall–Kier alpha value is -2.14. The molecule has 0 unspecified atom stereocenters. The third-order valence-electron chi connectivity index (χ3n) is 4.48. The van der Waals surface area contributed by atoms with Crippen molar-refractivity contribution in [1.82, 2.24) is 0 Å². The molecule has 5 nitrogen and oxygen atoms in total. The molecule has 1 aliphatic carbocycles. The smallest absolute Gasteiger partial charge is 0.338 e. The minimum absolute atomic E-state index is 0.0803. The molecule has 0 spiro atoms. The molecule has 0 saturated heterocycles. The Morgan fingerprint density at radius 2 is 1.75 bits per heavy atom. The van der Waals surface area contributed by atoms with Crippen LogP contribution in [0.15, 0.2) is 57.7 Å². The molecule has 0 fully saturated rings. The summed E-state index contributed by atoms with van der Waals surface area (Å²) in [6.45, 7) is 0. The number of carbonyl (C=O) groups is 1. The van der Waals surface area contributed by atoms with E-state index in [2.05, 4.69) is 0 Å². The lowest BCUT2D eigenvalue weighted by molar-refractivity contribution is 0.0601. The molecule has 7 heteroatoms. The minimum Gasteiger partial charge on any atom is -0.507 e. The Bertz CT molecular complexity index is 1280. The molecule has 0 aromatic heterocycles. The van der Waals surface area contributed by atoms with Gasteiger partial charge in [0.1, 0.15) is 9.32 Å². The van der Waals surface area contributed by atoms with Crippen molar-refractivity contribution in [2.75, 3.05) is 7.11 Å². The molecule has 4 rings (SSSR count). The lowest BCUT2D eigenvalue weighted by atomic mass is 9.91. The summed E-state index contributed by atoms with van der Waals surface area (Å²) in [7, 11) is 1.34. The number of halogens is 2. The van der Waals surface area contributed by atoms with Gasteiger partial charge < -0.3 is 14.3 Å². The summed E-state index contributed by atoms with van der Waals surface area (Å²) in [6.07, 6.45) is 0. The monoisotopic (exact) mass is 598 g/mol. The van der Waals surface area contributed by atoms with E-state index < -0.39 is 5.97 Å². The molecule has 0 bridgehead atoms. The van der Waals surface area contributed by atoms with Gasteiger partial charge in [-0.25, -0.2) is 4.79 Å². The molecule has 0 amide bonds. The Morgan fingerprint density at radius 1 is 1.00 bits per heavy atom. The SMILES string of the molecule is COC(=O)c1ccccc1-c1c2ccc(=O)c(I)c-2oc2c(I)c(O)ccc12. The fourth-order valence-electron chi connectivity index (χ4n) is 3.20. The Kier molecular flexibility index (Phi) is 5.04. The molecular formula is C21H12I2O5. The van der Waals surface area contributed by atoms with Gasteiger partial charge in [0.2, 0.25) is 0 Å². The predicted octanol–water partition coefficient (Wildman–Crippen LogP) is 5.27. The summed E-state index contributed by atoms with van der Waals surface area (Å²) in [4.78, 5) is 24.6. The standard InChI is InChI=1S/C21H12I2O5/c1-27-21(26)11-5-3-2-4-10(11)16-12-6-8-14(24)17(22)19(12)28-20-13(16)7-9-15(25)18(20)23/h2-9,24H,1H3. The molecule has 2 aliphatic rings. The number of fused-ring (bicyclic) bond motifs is 2. The topological polar surface area (TPSA) is 76.7 Å². The molecule has 2 aromatic carbocycles. The van der Waals surface area contributed by atoms with Crippen LogP contribution < -0.4 is 5.43 Å². The van der Waals surface area contributed by atoms with Crippen LogP contribution in [0.25, 0.3) is 33.4 Å². The Balaban J connectivity index is 2.25. The number of rotatable bonds is 2. The number of phenolic OH excluding ortho intramolecular Hbond substituents is 1. The van der Waals surface area contributed by atoms with Gasteiger partial charge in [-0.15, -0.1) is 0 Å². The number of carbonyl (C=O) groups excluding carboxylic acids is 1. The van der Waals surface area contributed by atoms with Crippen LogP contribution in [-0.4, -0.2) is 18.2 Å². The van der Waals surface area contributed by atoms with Gasteiger partial charge in [-0.05, 0) is 81.1 Å². The molecule has 1 heterocycles. The number of esters is 1. The quantitative estimate of drug-likeness (QED) is 0.194. The fraction of sp³-hybridized carbons (Fsp3) is 0.0476. The first kappa shape index (κ1) is 19.2. The van der Waals surface area contributed by atoms with Gasteiger partial charge >= 0.3 is 5.97 Å². The van der Waals surface area contributed by atoms with Gasteiger partial charge in [0, 0.05) is 16.5 Å². The van der Waals surface area contributed by atoms with Crippen LogP contribution in [0.5, 0.6) is 5.75 Å². The maximum Gasteiger partial charge on any atom is 0.338 e. The third-order valence-corrected chi connectivity index (χ3v) is 6.55. The maximum atomic E-state index is 12.4. The molecular weight excluding hydrogens is 586 g/mol. The van der Waals surface area contributed by atoms with Crippen LogP contribution in [0.1, 0.15) is 10.4 Å². The minimum atomic E-state index is -0.457. The van der Waals surface area contributed by atoms with Crippen molar-refractivity contribution >= 4 is 62.1 Å². The van der Waals surface area contributed by atoms with Crippen molar-refractivity contribution in [2.24, 2.45) is 0 Å². The van der Waals surface area contributed by atoms with Crippen LogP contribution >= 0.6 is 45.2 Å². The van der Waals surface area contributed by atoms with E-state index in [0.717, 1.165) is 10.9 Å². The van der Waals surface area contributed by atoms with E-state index in [1.165, 1.54) is 13.2 Å². The van der Waals surface area contributed by atoms with Gasteiger partial charge in [-0.2, -0.15) is 0 Å². The number of aromatic hydroxyl groups is 1. The van der Waals surface area contributed by atoms with Gasteiger partial charge in [-0.1, -0.05) is 18.2 Å². The normalized spacial score (nSPS) is 11.1. The van der Waals surface area contributed by atoms with E-state index in [0.29, 0.717) is 35.2 Å². The Morgan fingerprint density at radius 3 is 2.50 bits per heavy atom. The van der Waals surface area contributed by atoms with E-state index in [9.17, 15) is 14.7 Å². The summed E-state index contributed by atoms with van der Waals surface area (Å²) < 4.78 is 12.0. The zero-order chi connectivity index (χ0) is 20.0. The van der Waals surface area contributed by atoms with E-state index in [1.54, 1.807) is 30.3 Å². The maximum absolute atomic E-state index is 12.4. The van der Waals surface area contributed by atoms with E-state index in [1.807, 2.05) is 57.3 Å². The van der Waals surface area contributed by atoms with Crippen molar-refractivity contribution in [3.05, 3.63) is 71.5 Å². The van der Waals surface area contributed by atoms with Gasteiger partial charge in [0.05, 0.1) is 16.2 Å². The van der Waals surface area contributed by atoms with Crippen LogP contribution in [0.4, 0.5) is 0 Å². The number of hydrogen-bond acceptors (Lipinski definition) is 5. The van der Waals surface area contributed by atoms with Gasteiger partial charge in [-0.3, -0.25) is 4.79 Å². The summed E-state index contributed by atoms with van der Waals surface area (Å²) in [5.74, 6) is 0.0387. The number of benzene rings is 3. The second-order valence-electron chi connectivity index (χ2n) is 6.04. The lowest BCUT2D eigenvalue weighted by Gasteiger charge is -2.18. The highest BCUT2D eigenvalue weighted by atomic mass is 127. The number of phenols is 1. The zero-order valence-electron chi connectivity index (χ0n) is 14.5. The highest BCUT2D eigenvalue weighted by Crippen LogP contribution is 2.44. The van der Waals surface area contributed by atoms with E-state index >= 15 is 0 Å². The first-order valence-electron chi connectivity index (χ1n) is 8.18. The molecule has 28 heavy (non-hydrogen) atoms. The summed E-state index contributed by atoms with van der Waals surface area (Å²) in [5.41, 5.74) is 2.81. The van der Waals surface area contributed by atoms with Crippen molar-refractivity contribution < 1.29 is 19.1 Å². The zero-order valence-corrected chi connectivity index (χ0v) is 18.8. The Labute approximate surface area is 186 Å². The fourth-order valence-corrected chi connectivity index (χ4v) is 4.36. The number of hydrogen-bond donors (Lipinski definition) is 1. The van der Waals surface area contributed by atoms with Gasteiger partial charge in [0.15, 0.2) is 16.8 Å². The molecule has 140 valence electrons. The molecule has 0 saturated carbocycles. The van der Waals surface area contributed by atoms with Crippen LogP contribution in [0.3, 0.4) is 0 Å². The van der Waals surface area contributed by atoms with Crippen LogP contribution in [0.2, 0.25) is 0 Å². The molecule has 2 aromatic rings. The first-order chi connectivity index (χ1) is 13.4. The first-order valence-corrected chi connectivity index (χ1v) is 10.3. The lowest BCUT2D eigenvalue weighted by Crippen LogP contribution is -2.08. The summed E-state index contributed by atoms with van der Waals surface area (Å²) >= 11 is 3.96. The largest absolute Gasteiger partial charge is 0.507 e. The van der Waals surface area contributed by atoms with E-state index in [4.69, 9.17) is 9.15 Å². The highest BCUT2D eigenvalue weighted by molar-refractivity contribution is 14.1. The van der Waals surface area contributed by atoms with Crippen molar-refractivity contribution in [3.8, 4) is 28.2 Å². The molecule has 1 N–H and O–H groups in total. The van der Waals surface area contributed by atoms with Crippen LogP contribution in [-0.2, 0) is 4.74 Å². The van der Waals surface area contributed by atoms with Crippen molar-refractivity contribution in [1.29, 1.82) is 0 Å². The van der Waals surface area contributed by atoms with Crippen molar-refractivity contribution in [3.63, 3.8) is 0 Å². The average molecular weight is 598 g/mol. The van der Waals surface area contributed by atoms with Gasteiger partial charge in [0.25, 0.3) is 0 Å².